The summed E-state index contributed by atoms with van der Waals surface area (Å²) < 4.78 is 5.72. The van der Waals surface area contributed by atoms with Crippen molar-refractivity contribution in [1.29, 1.82) is 5.26 Å². The summed E-state index contributed by atoms with van der Waals surface area (Å²) in [5.74, 6) is 1.61. The van der Waals surface area contributed by atoms with Gasteiger partial charge in [-0.1, -0.05) is 18.2 Å². The van der Waals surface area contributed by atoms with Crippen molar-refractivity contribution in [2.75, 3.05) is 11.9 Å². The smallest absolute Gasteiger partial charge is 0.127 e. The van der Waals surface area contributed by atoms with Gasteiger partial charge in [-0.05, 0) is 50.2 Å². The predicted molar refractivity (Wildman–Crippen MR) is 80.8 cm³/mol. The average Bonchev–Trinajstić information content (AvgIpc) is 2.48. The van der Waals surface area contributed by atoms with E-state index in [-0.39, 0.29) is 5.41 Å². The molecule has 2 aromatic rings. The molecule has 0 aromatic heterocycles. The molecule has 0 spiro atoms. The fourth-order valence-electron chi connectivity index (χ4n) is 1.63. The molecule has 0 amide bonds. The number of ether oxygens (including phenoxy) is 1. The molecule has 2 rings (SSSR count). The van der Waals surface area contributed by atoms with E-state index in [0.29, 0.717) is 6.54 Å². The van der Waals surface area contributed by atoms with Crippen LogP contribution in [0.25, 0.3) is 0 Å². The number of hydrogen-bond acceptors (Lipinski definition) is 3. The van der Waals surface area contributed by atoms with Crippen molar-refractivity contribution < 1.29 is 4.74 Å². The molecular formula is C17H18N2O. The minimum Gasteiger partial charge on any atom is -0.457 e. The summed E-state index contributed by atoms with van der Waals surface area (Å²) in [6.45, 7) is 4.43. The van der Waals surface area contributed by atoms with Gasteiger partial charge in [-0.15, -0.1) is 0 Å². The normalized spacial score (nSPS) is 10.7. The third-order valence-corrected chi connectivity index (χ3v) is 2.87. The lowest BCUT2D eigenvalue weighted by atomic mass is 9.96. The second-order valence-corrected chi connectivity index (χ2v) is 5.29. The van der Waals surface area contributed by atoms with Crippen LogP contribution in [0.15, 0.2) is 54.6 Å². The summed E-state index contributed by atoms with van der Waals surface area (Å²) in [7, 11) is 0. The zero-order valence-electron chi connectivity index (χ0n) is 11.8. The molecule has 0 radical (unpaired) electrons. The summed E-state index contributed by atoms with van der Waals surface area (Å²) in [5.41, 5.74) is 0.605. The molecule has 0 fully saturated rings. The van der Waals surface area contributed by atoms with E-state index in [0.717, 1.165) is 17.2 Å². The van der Waals surface area contributed by atoms with Gasteiger partial charge in [0.05, 0.1) is 11.5 Å². The van der Waals surface area contributed by atoms with Gasteiger partial charge in [0.1, 0.15) is 11.5 Å². The maximum atomic E-state index is 8.97. The van der Waals surface area contributed by atoms with Crippen LogP contribution >= 0.6 is 0 Å². The second-order valence-electron chi connectivity index (χ2n) is 5.29. The second kappa shape index (κ2) is 6.12. The Morgan fingerprint density at radius 3 is 2.20 bits per heavy atom. The van der Waals surface area contributed by atoms with Crippen LogP contribution in [-0.4, -0.2) is 6.54 Å². The Kier molecular flexibility index (Phi) is 4.27. The van der Waals surface area contributed by atoms with Gasteiger partial charge in [-0.3, -0.25) is 0 Å². The first-order valence-electron chi connectivity index (χ1n) is 6.57. The van der Waals surface area contributed by atoms with Crippen molar-refractivity contribution in [1.82, 2.24) is 0 Å². The van der Waals surface area contributed by atoms with Gasteiger partial charge >= 0.3 is 0 Å². The highest BCUT2D eigenvalue weighted by molar-refractivity contribution is 5.47. The number of anilines is 1. The first kappa shape index (κ1) is 14.0. The van der Waals surface area contributed by atoms with Crippen molar-refractivity contribution in [3.8, 4) is 17.6 Å². The molecule has 0 aliphatic heterocycles. The molecule has 3 heteroatoms. The highest BCUT2D eigenvalue weighted by atomic mass is 16.5. The van der Waals surface area contributed by atoms with Gasteiger partial charge in [0.25, 0.3) is 0 Å². The van der Waals surface area contributed by atoms with Crippen LogP contribution in [0.5, 0.6) is 11.5 Å². The van der Waals surface area contributed by atoms with E-state index in [1.54, 1.807) is 0 Å². The van der Waals surface area contributed by atoms with Crippen molar-refractivity contribution in [2.24, 2.45) is 5.41 Å². The molecule has 20 heavy (non-hydrogen) atoms. The summed E-state index contributed by atoms with van der Waals surface area (Å²) in [6, 6.07) is 19.7. The van der Waals surface area contributed by atoms with Crippen LogP contribution in [0.4, 0.5) is 5.69 Å². The number of benzene rings is 2. The number of para-hydroxylation sites is 1. The van der Waals surface area contributed by atoms with E-state index < -0.39 is 0 Å². The highest BCUT2D eigenvalue weighted by Crippen LogP contribution is 2.23. The Bertz CT molecular complexity index is 583. The molecule has 0 unspecified atom stereocenters. The van der Waals surface area contributed by atoms with E-state index in [1.807, 2.05) is 68.4 Å². The minimum absolute atomic E-state index is 0.376. The van der Waals surface area contributed by atoms with Gasteiger partial charge in [-0.2, -0.15) is 5.26 Å². The van der Waals surface area contributed by atoms with E-state index >= 15 is 0 Å². The van der Waals surface area contributed by atoms with E-state index in [9.17, 15) is 0 Å². The number of nitriles is 1. The van der Waals surface area contributed by atoms with Gasteiger partial charge in [0, 0.05) is 12.2 Å². The third-order valence-electron chi connectivity index (χ3n) is 2.87. The molecule has 0 atom stereocenters. The van der Waals surface area contributed by atoms with Gasteiger partial charge in [0.2, 0.25) is 0 Å². The molecule has 1 N–H and O–H groups in total. The zero-order valence-corrected chi connectivity index (χ0v) is 11.8. The largest absolute Gasteiger partial charge is 0.457 e. The average molecular weight is 266 g/mol. The molecule has 3 nitrogen and oxygen atoms in total. The lowest BCUT2D eigenvalue weighted by molar-refractivity contribution is 0.482. The molecule has 0 saturated carbocycles. The molecule has 102 valence electrons. The lowest BCUT2D eigenvalue weighted by Gasteiger charge is -2.17. The van der Waals surface area contributed by atoms with Gasteiger partial charge in [-0.25, -0.2) is 0 Å². The summed E-state index contributed by atoms with van der Waals surface area (Å²) in [5, 5.41) is 12.2. The topological polar surface area (TPSA) is 45.0 Å². The molecule has 0 bridgehead atoms. The van der Waals surface area contributed by atoms with Crippen molar-refractivity contribution in [3.05, 3.63) is 54.6 Å². The Labute approximate surface area is 119 Å². The molecule has 0 aliphatic rings. The molecule has 0 aliphatic carbocycles. The van der Waals surface area contributed by atoms with E-state index in [4.69, 9.17) is 10.00 Å². The Morgan fingerprint density at radius 2 is 1.60 bits per heavy atom. The Balaban J connectivity index is 1.95. The number of nitrogens with zero attached hydrogens (tertiary/aromatic N) is 1. The van der Waals surface area contributed by atoms with Crippen molar-refractivity contribution >= 4 is 5.69 Å². The van der Waals surface area contributed by atoms with Crippen LogP contribution in [-0.2, 0) is 0 Å². The SMILES string of the molecule is CC(C)(C#N)CNc1ccc(Oc2ccccc2)cc1. The van der Waals surface area contributed by atoms with Crippen LogP contribution in [0.3, 0.4) is 0 Å². The zero-order chi connectivity index (χ0) is 14.4. The lowest BCUT2D eigenvalue weighted by Crippen LogP contribution is -2.20. The maximum absolute atomic E-state index is 8.97. The van der Waals surface area contributed by atoms with Crippen LogP contribution in [0.2, 0.25) is 0 Å². The van der Waals surface area contributed by atoms with Gasteiger partial charge < -0.3 is 10.1 Å². The molecular weight excluding hydrogens is 248 g/mol. The quantitative estimate of drug-likeness (QED) is 0.870. The number of hydrogen-bond donors (Lipinski definition) is 1. The predicted octanol–water partition coefficient (Wildman–Crippen LogP) is 4.44. The number of nitrogens with one attached hydrogen (secondary N) is 1. The maximum Gasteiger partial charge on any atom is 0.127 e. The summed E-state index contributed by atoms with van der Waals surface area (Å²) >= 11 is 0. The van der Waals surface area contributed by atoms with Crippen molar-refractivity contribution in [3.63, 3.8) is 0 Å². The highest BCUT2D eigenvalue weighted by Gasteiger charge is 2.15. The Hall–Kier alpha value is -2.47. The molecule has 0 saturated heterocycles. The van der Waals surface area contributed by atoms with E-state index in [2.05, 4.69) is 11.4 Å². The van der Waals surface area contributed by atoms with Crippen molar-refractivity contribution in [2.45, 2.75) is 13.8 Å². The minimum atomic E-state index is -0.376. The summed E-state index contributed by atoms with van der Waals surface area (Å²) in [6.07, 6.45) is 0. The van der Waals surface area contributed by atoms with Gasteiger partial charge in [0.15, 0.2) is 0 Å². The molecule has 0 heterocycles. The fourth-order valence-corrected chi connectivity index (χ4v) is 1.63. The molecule has 2 aromatic carbocycles. The monoisotopic (exact) mass is 266 g/mol. The standard InChI is InChI=1S/C17H18N2O/c1-17(2,12-18)13-19-14-8-10-16(11-9-14)20-15-6-4-3-5-7-15/h3-11,19H,13H2,1-2H3. The van der Waals surface area contributed by atoms with Crippen LogP contribution in [0.1, 0.15) is 13.8 Å². The fraction of sp³-hybridized carbons (Fsp3) is 0.235. The van der Waals surface area contributed by atoms with Crippen LogP contribution < -0.4 is 10.1 Å². The third kappa shape index (κ3) is 4.03. The summed E-state index contributed by atoms with van der Waals surface area (Å²) in [4.78, 5) is 0. The van der Waals surface area contributed by atoms with Crippen LogP contribution in [0, 0.1) is 16.7 Å². The first-order chi connectivity index (χ1) is 9.59. The number of rotatable bonds is 5. The first-order valence-corrected chi connectivity index (χ1v) is 6.57. The Morgan fingerprint density at radius 1 is 1.00 bits per heavy atom. The van der Waals surface area contributed by atoms with E-state index in [1.165, 1.54) is 0 Å².